The Morgan fingerprint density at radius 1 is 1.24 bits per heavy atom. The van der Waals surface area contributed by atoms with Crippen molar-refractivity contribution in [3.8, 4) is 0 Å². The van der Waals surface area contributed by atoms with Crippen LogP contribution >= 0.6 is 11.3 Å². The molecule has 1 saturated carbocycles. The summed E-state index contributed by atoms with van der Waals surface area (Å²) in [5.41, 5.74) is 5.46. The van der Waals surface area contributed by atoms with Crippen molar-refractivity contribution in [1.82, 2.24) is 19.8 Å². The highest BCUT2D eigenvalue weighted by Crippen LogP contribution is 2.60. The van der Waals surface area contributed by atoms with Crippen LogP contribution in [0.3, 0.4) is 0 Å². The third kappa shape index (κ3) is 3.67. The number of amides is 1. The molecule has 1 aliphatic carbocycles. The van der Waals surface area contributed by atoms with Crippen LogP contribution in [0.2, 0.25) is 0 Å². The molecular weight excluding hydrogens is 380 g/mol. The van der Waals surface area contributed by atoms with Gasteiger partial charge in [0.25, 0.3) is 0 Å². The minimum absolute atomic E-state index is 0.204. The Hall–Kier alpha value is -2.31. The van der Waals surface area contributed by atoms with Crippen LogP contribution in [0.4, 0.5) is 0 Å². The number of benzene rings is 1. The highest BCUT2D eigenvalue weighted by molar-refractivity contribution is 7.07. The summed E-state index contributed by atoms with van der Waals surface area (Å²) in [7, 11) is 1.91. The molecule has 29 heavy (non-hydrogen) atoms. The summed E-state index contributed by atoms with van der Waals surface area (Å²) in [4.78, 5) is 26.1. The van der Waals surface area contributed by atoms with Crippen LogP contribution in [0.1, 0.15) is 30.5 Å². The number of fused-ring (bicyclic) bond motifs is 1. The Kier molecular flexibility index (Phi) is 4.84. The highest BCUT2D eigenvalue weighted by atomic mass is 32.1. The maximum absolute atomic E-state index is 12.9. The van der Waals surface area contributed by atoms with Crippen LogP contribution in [0.5, 0.6) is 0 Å². The van der Waals surface area contributed by atoms with E-state index in [9.17, 15) is 4.79 Å². The molecule has 1 aliphatic heterocycles. The molecule has 6 heteroatoms. The summed E-state index contributed by atoms with van der Waals surface area (Å²) in [6.45, 7) is 3.71. The van der Waals surface area contributed by atoms with E-state index in [1.54, 1.807) is 11.3 Å². The molecule has 0 radical (unpaired) electrons. The summed E-state index contributed by atoms with van der Waals surface area (Å²) < 4.78 is 0. The molecule has 150 valence electrons. The summed E-state index contributed by atoms with van der Waals surface area (Å²) in [5.74, 6) is 0.501. The number of piperidine rings is 1. The molecule has 1 saturated heterocycles. The van der Waals surface area contributed by atoms with Crippen molar-refractivity contribution < 1.29 is 4.79 Å². The number of carbonyl (C=O) groups is 1. The second-order valence-corrected chi connectivity index (χ2v) is 9.28. The third-order valence-corrected chi connectivity index (χ3v) is 7.37. The Labute approximate surface area is 175 Å². The molecule has 1 aromatic carbocycles. The van der Waals surface area contributed by atoms with Gasteiger partial charge in [-0.15, -0.1) is 11.3 Å². The van der Waals surface area contributed by atoms with E-state index in [0.717, 1.165) is 50.1 Å². The van der Waals surface area contributed by atoms with Gasteiger partial charge >= 0.3 is 0 Å². The van der Waals surface area contributed by atoms with Gasteiger partial charge in [-0.1, -0.05) is 18.2 Å². The molecule has 1 amide bonds. The monoisotopic (exact) mass is 406 g/mol. The molecule has 2 aliphatic rings. The first-order valence-corrected chi connectivity index (χ1v) is 11.3. The normalized spacial score (nSPS) is 20.8. The van der Waals surface area contributed by atoms with E-state index in [0.29, 0.717) is 12.5 Å². The zero-order chi connectivity index (χ0) is 19.8. The van der Waals surface area contributed by atoms with Crippen molar-refractivity contribution in [1.29, 1.82) is 0 Å². The molecule has 0 bridgehead atoms. The van der Waals surface area contributed by atoms with Crippen molar-refractivity contribution in [2.45, 2.75) is 32.4 Å². The molecule has 5 nitrogen and oxygen atoms in total. The van der Waals surface area contributed by atoms with Crippen molar-refractivity contribution in [2.24, 2.45) is 11.3 Å². The largest absolute Gasteiger partial charge is 0.340 e. The fraction of sp³-hybridized carbons (Fsp3) is 0.435. The fourth-order valence-corrected chi connectivity index (χ4v) is 5.39. The topological polar surface area (TPSA) is 49.3 Å². The number of rotatable bonds is 5. The van der Waals surface area contributed by atoms with Crippen molar-refractivity contribution in [3.63, 3.8) is 0 Å². The first kappa shape index (κ1) is 18.7. The van der Waals surface area contributed by atoms with Crippen LogP contribution in [0.15, 0.2) is 47.4 Å². The van der Waals surface area contributed by atoms with E-state index in [-0.39, 0.29) is 11.3 Å². The molecule has 3 aromatic rings. The number of thiazole rings is 1. The minimum atomic E-state index is 0.204. The SMILES string of the molecule is CN(Cc1cscn1)C(=O)C1CC12CCN(Cc1ccnc3ccccc13)CC2. The second kappa shape index (κ2) is 7.50. The maximum atomic E-state index is 12.9. The van der Waals surface area contributed by atoms with E-state index < -0.39 is 0 Å². The number of nitrogens with zero attached hydrogens (tertiary/aromatic N) is 4. The first-order chi connectivity index (χ1) is 14.1. The molecule has 1 atom stereocenters. The fourth-order valence-electron chi connectivity index (χ4n) is 4.84. The smallest absolute Gasteiger partial charge is 0.226 e. The second-order valence-electron chi connectivity index (χ2n) is 8.56. The average molecular weight is 407 g/mol. The van der Waals surface area contributed by atoms with Crippen molar-refractivity contribution in [3.05, 3.63) is 58.7 Å². The van der Waals surface area contributed by atoms with E-state index in [1.807, 2.05) is 35.1 Å². The molecule has 2 fully saturated rings. The van der Waals surface area contributed by atoms with Gasteiger partial charge in [0, 0.05) is 36.5 Å². The molecule has 1 unspecified atom stereocenters. The van der Waals surface area contributed by atoms with Gasteiger partial charge in [0.1, 0.15) is 0 Å². The van der Waals surface area contributed by atoms with E-state index in [4.69, 9.17) is 0 Å². The predicted octanol–water partition coefficient (Wildman–Crippen LogP) is 3.95. The van der Waals surface area contributed by atoms with Gasteiger partial charge in [0.05, 0.1) is 23.3 Å². The van der Waals surface area contributed by atoms with Gasteiger partial charge in [0.15, 0.2) is 0 Å². The zero-order valence-electron chi connectivity index (χ0n) is 16.8. The number of aromatic nitrogens is 2. The minimum Gasteiger partial charge on any atom is -0.340 e. The van der Waals surface area contributed by atoms with Gasteiger partial charge in [-0.05, 0) is 55.5 Å². The summed E-state index contributed by atoms with van der Waals surface area (Å²) >= 11 is 1.58. The van der Waals surface area contributed by atoms with E-state index in [2.05, 4.69) is 39.1 Å². The van der Waals surface area contributed by atoms with Gasteiger partial charge in [-0.25, -0.2) is 4.98 Å². The Morgan fingerprint density at radius 3 is 2.86 bits per heavy atom. The average Bonchev–Trinajstić information content (AvgIpc) is 3.18. The molecule has 2 aromatic heterocycles. The quantitative estimate of drug-likeness (QED) is 0.644. The van der Waals surface area contributed by atoms with Crippen LogP contribution in [0.25, 0.3) is 10.9 Å². The Bertz CT molecular complexity index is 1010. The lowest BCUT2D eigenvalue weighted by molar-refractivity contribution is -0.133. The Balaban J connectivity index is 1.18. The van der Waals surface area contributed by atoms with E-state index >= 15 is 0 Å². The van der Waals surface area contributed by atoms with Crippen LogP contribution in [-0.2, 0) is 17.9 Å². The Morgan fingerprint density at radius 2 is 2.07 bits per heavy atom. The van der Waals surface area contributed by atoms with Crippen LogP contribution in [0, 0.1) is 11.3 Å². The van der Waals surface area contributed by atoms with E-state index in [1.165, 1.54) is 10.9 Å². The molecule has 5 rings (SSSR count). The summed E-state index contributed by atoms with van der Waals surface area (Å²) in [6, 6.07) is 10.5. The van der Waals surface area contributed by atoms with Gasteiger partial charge in [-0.2, -0.15) is 0 Å². The lowest BCUT2D eigenvalue weighted by Crippen LogP contribution is -2.37. The van der Waals surface area contributed by atoms with Gasteiger partial charge < -0.3 is 4.90 Å². The number of carbonyl (C=O) groups excluding carboxylic acids is 1. The molecular formula is C23H26N4OS. The summed E-state index contributed by atoms with van der Waals surface area (Å²) in [6.07, 6.45) is 5.21. The maximum Gasteiger partial charge on any atom is 0.226 e. The van der Waals surface area contributed by atoms with Crippen LogP contribution in [-0.4, -0.2) is 45.8 Å². The standard InChI is InChI=1S/C23H26N4OS/c1-26(14-18-15-29-16-25-18)22(28)20-12-23(20)7-10-27(11-8-23)13-17-6-9-24-21-5-3-2-4-19(17)21/h2-6,9,15-16,20H,7-8,10-14H2,1H3. The molecule has 3 heterocycles. The number of likely N-dealkylation sites (tertiary alicyclic amines) is 1. The number of hydrogen-bond donors (Lipinski definition) is 0. The van der Waals surface area contributed by atoms with Gasteiger partial charge in [-0.3, -0.25) is 14.7 Å². The summed E-state index contributed by atoms with van der Waals surface area (Å²) in [5, 5.41) is 3.27. The highest BCUT2D eigenvalue weighted by Gasteiger charge is 2.58. The molecule has 0 N–H and O–H groups in total. The van der Waals surface area contributed by atoms with Crippen molar-refractivity contribution >= 4 is 28.1 Å². The molecule has 1 spiro atoms. The third-order valence-electron chi connectivity index (χ3n) is 6.73. The number of para-hydroxylation sites is 1. The number of hydrogen-bond acceptors (Lipinski definition) is 5. The zero-order valence-corrected chi connectivity index (χ0v) is 17.6. The number of pyridine rings is 1. The van der Waals surface area contributed by atoms with Crippen molar-refractivity contribution in [2.75, 3.05) is 20.1 Å². The van der Waals surface area contributed by atoms with Gasteiger partial charge in [0.2, 0.25) is 5.91 Å². The lowest BCUT2D eigenvalue weighted by Gasteiger charge is -2.33. The predicted molar refractivity (Wildman–Crippen MR) is 115 cm³/mol. The first-order valence-electron chi connectivity index (χ1n) is 10.3. The lowest BCUT2D eigenvalue weighted by atomic mass is 9.90. The van der Waals surface area contributed by atoms with Crippen LogP contribution < -0.4 is 0 Å².